The zero-order valence-electron chi connectivity index (χ0n) is 17.8. The number of benzene rings is 2. The minimum atomic E-state index is -3.87. The Bertz CT molecular complexity index is 1160. The van der Waals surface area contributed by atoms with Crippen molar-refractivity contribution in [2.24, 2.45) is 5.92 Å². The van der Waals surface area contributed by atoms with Crippen LogP contribution in [-0.2, 0) is 14.8 Å². The fraction of sp³-hybridized carbons (Fsp3) is 0.364. The molecule has 0 saturated carbocycles. The van der Waals surface area contributed by atoms with Gasteiger partial charge in [0, 0.05) is 5.69 Å². The largest absolute Gasteiger partial charge is 0.325 e. The van der Waals surface area contributed by atoms with Crippen molar-refractivity contribution in [3.8, 4) is 0 Å². The Morgan fingerprint density at radius 2 is 1.73 bits per heavy atom. The molecule has 3 aromatic rings. The average molecular weight is 446 g/mol. The maximum atomic E-state index is 13.0. The molecule has 3 rings (SSSR count). The van der Waals surface area contributed by atoms with E-state index in [-0.39, 0.29) is 16.7 Å². The van der Waals surface area contributed by atoms with Crippen LogP contribution in [0.3, 0.4) is 0 Å². The van der Waals surface area contributed by atoms with E-state index in [2.05, 4.69) is 15.0 Å². The highest BCUT2D eigenvalue weighted by atomic mass is 32.2. The molecule has 0 aliphatic rings. The van der Waals surface area contributed by atoms with Gasteiger partial charge in [-0.1, -0.05) is 19.9 Å². The quantitative estimate of drug-likeness (QED) is 0.558. The number of sulfonamides is 1. The molecule has 0 unspecified atom stereocenters. The number of rotatable bonds is 7. The molecule has 30 heavy (non-hydrogen) atoms. The van der Waals surface area contributed by atoms with Gasteiger partial charge in [0.1, 0.15) is 6.04 Å². The van der Waals surface area contributed by atoms with Gasteiger partial charge in [-0.15, -0.1) is 11.3 Å². The van der Waals surface area contributed by atoms with Crippen LogP contribution in [0.1, 0.15) is 36.4 Å². The van der Waals surface area contributed by atoms with Crippen LogP contribution in [0.15, 0.2) is 41.3 Å². The first-order chi connectivity index (χ1) is 14.0. The lowest BCUT2D eigenvalue weighted by Crippen LogP contribution is -2.44. The number of anilines is 1. The van der Waals surface area contributed by atoms with Gasteiger partial charge in [0.25, 0.3) is 0 Å². The predicted molar refractivity (Wildman–Crippen MR) is 122 cm³/mol. The number of aromatic nitrogens is 1. The Balaban J connectivity index is 1.85. The third kappa shape index (κ3) is 5.44. The summed E-state index contributed by atoms with van der Waals surface area (Å²) in [5, 5.41) is 3.74. The SMILES string of the molecule is Cc1cc(C)cc(NC(=O)[C@@H](CC(C)C)NS(=O)(=O)c2ccc3nc(C)sc3c2)c1. The number of thiazole rings is 1. The van der Waals surface area contributed by atoms with Crippen molar-refractivity contribution in [1.82, 2.24) is 9.71 Å². The number of hydrogen-bond acceptors (Lipinski definition) is 5. The summed E-state index contributed by atoms with van der Waals surface area (Å²) in [5.74, 6) is -0.235. The van der Waals surface area contributed by atoms with Crippen LogP contribution in [0.2, 0.25) is 0 Å². The van der Waals surface area contributed by atoms with Crippen molar-refractivity contribution >= 4 is 43.2 Å². The summed E-state index contributed by atoms with van der Waals surface area (Å²) in [7, 11) is -3.87. The molecule has 0 fully saturated rings. The molecule has 0 aliphatic carbocycles. The summed E-state index contributed by atoms with van der Waals surface area (Å²) in [6.45, 7) is 9.70. The summed E-state index contributed by atoms with van der Waals surface area (Å²) in [6, 6.07) is 9.70. The number of fused-ring (bicyclic) bond motifs is 1. The van der Waals surface area contributed by atoms with Crippen molar-refractivity contribution in [2.45, 2.75) is 52.0 Å². The fourth-order valence-corrected chi connectivity index (χ4v) is 5.57. The van der Waals surface area contributed by atoms with Crippen molar-refractivity contribution in [3.05, 3.63) is 52.5 Å². The minimum absolute atomic E-state index is 0.131. The summed E-state index contributed by atoms with van der Waals surface area (Å²) in [5.41, 5.74) is 3.48. The van der Waals surface area contributed by atoms with Crippen LogP contribution in [0.25, 0.3) is 10.2 Å². The Morgan fingerprint density at radius 1 is 1.07 bits per heavy atom. The predicted octanol–water partition coefficient (Wildman–Crippen LogP) is 4.55. The number of aryl methyl sites for hydroxylation is 3. The number of nitrogens with one attached hydrogen (secondary N) is 2. The third-order valence-corrected chi connectivity index (χ3v) is 6.99. The Hall–Kier alpha value is -2.29. The highest BCUT2D eigenvalue weighted by Gasteiger charge is 2.27. The highest BCUT2D eigenvalue weighted by Crippen LogP contribution is 2.25. The van der Waals surface area contributed by atoms with E-state index in [0.717, 1.165) is 26.4 Å². The Labute approximate surface area is 181 Å². The van der Waals surface area contributed by atoms with Crippen LogP contribution in [-0.4, -0.2) is 25.4 Å². The lowest BCUT2D eigenvalue weighted by molar-refractivity contribution is -0.118. The average Bonchev–Trinajstić information content (AvgIpc) is 2.98. The summed E-state index contributed by atoms with van der Waals surface area (Å²) in [4.78, 5) is 17.4. The van der Waals surface area contributed by atoms with Crippen molar-refractivity contribution in [3.63, 3.8) is 0 Å². The van der Waals surface area contributed by atoms with Gasteiger partial charge in [0.15, 0.2) is 0 Å². The van der Waals surface area contributed by atoms with E-state index in [1.54, 1.807) is 12.1 Å². The first kappa shape index (κ1) is 22.4. The van der Waals surface area contributed by atoms with Crippen LogP contribution in [0.5, 0.6) is 0 Å². The molecule has 0 bridgehead atoms. The molecule has 0 aliphatic heterocycles. The van der Waals surface area contributed by atoms with Gasteiger partial charge in [0.05, 0.1) is 20.1 Å². The Morgan fingerprint density at radius 3 is 2.37 bits per heavy atom. The van der Waals surface area contributed by atoms with Crippen molar-refractivity contribution in [1.29, 1.82) is 0 Å². The third-order valence-electron chi connectivity index (χ3n) is 4.59. The van der Waals surface area contributed by atoms with Gasteiger partial charge in [-0.25, -0.2) is 13.4 Å². The second kappa shape index (κ2) is 8.83. The molecule has 1 aromatic heterocycles. The molecule has 2 aromatic carbocycles. The van der Waals surface area contributed by atoms with E-state index >= 15 is 0 Å². The van der Waals surface area contributed by atoms with E-state index in [1.807, 2.05) is 52.8 Å². The van der Waals surface area contributed by atoms with E-state index in [0.29, 0.717) is 12.1 Å². The van der Waals surface area contributed by atoms with Gasteiger partial charge in [-0.3, -0.25) is 4.79 Å². The van der Waals surface area contributed by atoms with Crippen LogP contribution >= 0.6 is 11.3 Å². The zero-order chi connectivity index (χ0) is 22.1. The molecule has 160 valence electrons. The molecule has 8 heteroatoms. The topological polar surface area (TPSA) is 88.2 Å². The lowest BCUT2D eigenvalue weighted by Gasteiger charge is -2.20. The molecule has 6 nitrogen and oxygen atoms in total. The number of nitrogens with zero attached hydrogens (tertiary/aromatic N) is 1. The standard InChI is InChI=1S/C22H27N3O3S2/c1-13(2)8-20(22(26)24-17-10-14(3)9-15(4)11-17)25-30(27,28)18-6-7-19-21(12-18)29-16(5)23-19/h6-7,9-13,20,25H,8H2,1-5H3,(H,24,26)/t20-/m1/s1. The van der Waals surface area contributed by atoms with Gasteiger partial charge in [-0.05, 0) is 74.6 Å². The van der Waals surface area contributed by atoms with E-state index < -0.39 is 16.1 Å². The van der Waals surface area contributed by atoms with E-state index in [4.69, 9.17) is 0 Å². The molecule has 0 spiro atoms. The van der Waals surface area contributed by atoms with E-state index in [1.165, 1.54) is 17.4 Å². The molecule has 1 atom stereocenters. The second-order valence-electron chi connectivity index (χ2n) is 8.03. The van der Waals surface area contributed by atoms with Gasteiger partial charge < -0.3 is 5.32 Å². The second-order valence-corrected chi connectivity index (χ2v) is 11.0. The normalized spacial score (nSPS) is 13.0. The number of carbonyl (C=O) groups is 1. The monoisotopic (exact) mass is 445 g/mol. The summed E-state index contributed by atoms with van der Waals surface area (Å²) in [6.07, 6.45) is 0.387. The Kier molecular flexibility index (Phi) is 6.59. The molecule has 0 radical (unpaired) electrons. The van der Waals surface area contributed by atoms with Crippen LogP contribution in [0, 0.1) is 26.7 Å². The maximum absolute atomic E-state index is 13.0. The smallest absolute Gasteiger partial charge is 0.242 e. The number of amides is 1. The maximum Gasteiger partial charge on any atom is 0.242 e. The zero-order valence-corrected chi connectivity index (χ0v) is 19.4. The molecular formula is C22H27N3O3S2. The first-order valence-electron chi connectivity index (χ1n) is 9.82. The first-order valence-corrected chi connectivity index (χ1v) is 12.1. The van der Waals surface area contributed by atoms with Gasteiger partial charge in [0.2, 0.25) is 15.9 Å². The molecule has 1 amide bonds. The number of hydrogen-bond donors (Lipinski definition) is 2. The lowest BCUT2D eigenvalue weighted by atomic mass is 10.0. The summed E-state index contributed by atoms with van der Waals surface area (Å²) >= 11 is 1.44. The summed E-state index contributed by atoms with van der Waals surface area (Å²) < 4.78 is 29.5. The fourth-order valence-electron chi connectivity index (χ4n) is 3.40. The molecule has 0 saturated heterocycles. The number of carbonyl (C=O) groups excluding carboxylic acids is 1. The van der Waals surface area contributed by atoms with Gasteiger partial charge in [-0.2, -0.15) is 4.72 Å². The van der Waals surface area contributed by atoms with Gasteiger partial charge >= 0.3 is 0 Å². The molecule has 1 heterocycles. The minimum Gasteiger partial charge on any atom is -0.325 e. The van der Waals surface area contributed by atoms with Crippen molar-refractivity contribution < 1.29 is 13.2 Å². The van der Waals surface area contributed by atoms with Crippen LogP contribution in [0.4, 0.5) is 5.69 Å². The van der Waals surface area contributed by atoms with E-state index in [9.17, 15) is 13.2 Å². The highest BCUT2D eigenvalue weighted by molar-refractivity contribution is 7.89. The molecule has 2 N–H and O–H groups in total. The van der Waals surface area contributed by atoms with Crippen molar-refractivity contribution in [2.75, 3.05) is 5.32 Å². The molecular weight excluding hydrogens is 418 g/mol. The van der Waals surface area contributed by atoms with Crippen LogP contribution < -0.4 is 10.0 Å².